The molecule has 0 saturated carbocycles. The number of carbonyl (C=O) groups is 2. The smallest absolute Gasteiger partial charge is 0.247 e. The van der Waals surface area contributed by atoms with Gasteiger partial charge in [0.25, 0.3) is 0 Å². The Morgan fingerprint density at radius 2 is 1.80 bits per heavy atom. The molecule has 30 heavy (non-hydrogen) atoms. The third-order valence-corrected chi connectivity index (χ3v) is 6.13. The van der Waals surface area contributed by atoms with Crippen molar-refractivity contribution in [3.8, 4) is 0 Å². The molecule has 1 aliphatic heterocycles. The summed E-state index contributed by atoms with van der Waals surface area (Å²) in [6.45, 7) is 0.700. The molecule has 10 heteroatoms. The molecule has 1 fully saturated rings. The Balaban J connectivity index is 1.95. The summed E-state index contributed by atoms with van der Waals surface area (Å²) in [4.78, 5) is 27.1. The number of piperazine rings is 1. The Labute approximate surface area is 173 Å². The average Bonchev–Trinajstić information content (AvgIpc) is 2.66. The molecule has 2 amide bonds. The number of hydrogen-bond acceptors (Lipinski definition) is 4. The summed E-state index contributed by atoms with van der Waals surface area (Å²) in [7, 11) is -3.76. The molecule has 0 radical (unpaired) electrons. The van der Waals surface area contributed by atoms with Crippen molar-refractivity contribution in [2.75, 3.05) is 24.2 Å². The van der Waals surface area contributed by atoms with Crippen LogP contribution in [0.1, 0.15) is 12.5 Å². The van der Waals surface area contributed by atoms with E-state index in [1.54, 1.807) is 0 Å². The lowest BCUT2D eigenvalue weighted by Crippen LogP contribution is -2.70. The summed E-state index contributed by atoms with van der Waals surface area (Å²) in [5.74, 6) is -2.30. The molecule has 0 unspecified atom stereocenters. The van der Waals surface area contributed by atoms with Gasteiger partial charge in [-0.25, -0.2) is 17.2 Å². The minimum Gasteiger partial charge on any atom is -0.350 e. The van der Waals surface area contributed by atoms with Crippen LogP contribution in [-0.2, 0) is 26.2 Å². The van der Waals surface area contributed by atoms with Gasteiger partial charge in [-0.05, 0) is 42.8 Å². The van der Waals surface area contributed by atoms with Gasteiger partial charge in [0.2, 0.25) is 21.8 Å². The monoisotopic (exact) mass is 437 g/mol. The van der Waals surface area contributed by atoms with Gasteiger partial charge in [0, 0.05) is 18.8 Å². The number of nitrogens with one attached hydrogen (secondary N) is 1. The first-order valence-corrected chi connectivity index (χ1v) is 10.9. The van der Waals surface area contributed by atoms with Gasteiger partial charge in [-0.3, -0.25) is 14.5 Å². The Kier molecular flexibility index (Phi) is 5.91. The second-order valence-corrected chi connectivity index (χ2v) is 9.31. The van der Waals surface area contributed by atoms with Crippen molar-refractivity contribution in [3.05, 3.63) is 65.7 Å². The van der Waals surface area contributed by atoms with Crippen LogP contribution in [-0.4, -0.2) is 49.4 Å². The van der Waals surface area contributed by atoms with E-state index in [0.29, 0.717) is 5.56 Å². The van der Waals surface area contributed by atoms with Gasteiger partial charge in [0.1, 0.15) is 17.2 Å². The van der Waals surface area contributed by atoms with Crippen molar-refractivity contribution in [2.24, 2.45) is 0 Å². The number of rotatable bonds is 5. The minimum absolute atomic E-state index is 0.0404. The van der Waals surface area contributed by atoms with Crippen molar-refractivity contribution >= 4 is 27.5 Å². The van der Waals surface area contributed by atoms with Gasteiger partial charge >= 0.3 is 0 Å². The van der Waals surface area contributed by atoms with Crippen LogP contribution >= 0.6 is 0 Å². The first-order valence-electron chi connectivity index (χ1n) is 9.07. The topological polar surface area (TPSA) is 86.8 Å². The van der Waals surface area contributed by atoms with Gasteiger partial charge in [0.05, 0.1) is 12.8 Å². The molecule has 0 aromatic heterocycles. The van der Waals surface area contributed by atoms with Crippen LogP contribution in [0.25, 0.3) is 0 Å². The van der Waals surface area contributed by atoms with Gasteiger partial charge in [-0.15, -0.1) is 0 Å². The molecule has 1 aliphatic rings. The van der Waals surface area contributed by atoms with E-state index in [9.17, 15) is 26.8 Å². The van der Waals surface area contributed by atoms with Gasteiger partial charge in [-0.1, -0.05) is 18.2 Å². The largest absolute Gasteiger partial charge is 0.350 e. The van der Waals surface area contributed by atoms with Gasteiger partial charge in [0.15, 0.2) is 0 Å². The highest BCUT2D eigenvalue weighted by molar-refractivity contribution is 7.88. The third-order valence-electron chi connectivity index (χ3n) is 4.93. The molecule has 1 N–H and O–H groups in total. The molecule has 0 bridgehead atoms. The van der Waals surface area contributed by atoms with E-state index in [0.717, 1.165) is 21.5 Å². The molecule has 7 nitrogen and oxygen atoms in total. The zero-order valence-electron chi connectivity index (χ0n) is 16.4. The number of sulfonamides is 1. The van der Waals surface area contributed by atoms with Crippen LogP contribution in [0.4, 0.5) is 14.5 Å². The summed E-state index contributed by atoms with van der Waals surface area (Å²) in [5, 5.41) is 2.67. The summed E-state index contributed by atoms with van der Waals surface area (Å²) in [5.41, 5.74) is -0.868. The quantitative estimate of drug-likeness (QED) is 0.771. The summed E-state index contributed by atoms with van der Waals surface area (Å²) in [6, 6.07) is 10.7. The fourth-order valence-corrected chi connectivity index (χ4v) is 4.22. The van der Waals surface area contributed by atoms with Crippen molar-refractivity contribution in [2.45, 2.75) is 19.0 Å². The predicted octanol–water partition coefficient (Wildman–Crippen LogP) is 1.65. The van der Waals surface area contributed by atoms with Crippen LogP contribution < -0.4 is 10.2 Å². The van der Waals surface area contributed by atoms with E-state index in [1.807, 2.05) is 0 Å². The van der Waals surface area contributed by atoms with Crippen LogP contribution in [0.2, 0.25) is 0 Å². The number of nitrogens with zero attached hydrogens (tertiary/aromatic N) is 2. The van der Waals surface area contributed by atoms with Crippen LogP contribution in [0.15, 0.2) is 48.5 Å². The van der Waals surface area contributed by atoms with E-state index in [-0.39, 0.29) is 18.8 Å². The SMILES string of the molecule is C[C@]1(C(=O)NCc2ccc(F)cc2)CN(S(C)(=O)=O)CC(=O)N1c1cccc(F)c1. The highest BCUT2D eigenvalue weighted by Gasteiger charge is 2.50. The highest BCUT2D eigenvalue weighted by Crippen LogP contribution is 2.31. The van der Waals surface area contributed by atoms with E-state index in [2.05, 4.69) is 5.32 Å². The van der Waals surface area contributed by atoms with Crippen molar-refractivity contribution in [3.63, 3.8) is 0 Å². The minimum atomic E-state index is -3.76. The Morgan fingerprint density at radius 1 is 1.13 bits per heavy atom. The Bertz CT molecular complexity index is 1080. The van der Waals surface area contributed by atoms with Crippen molar-refractivity contribution < 1.29 is 26.8 Å². The number of benzene rings is 2. The lowest BCUT2D eigenvalue weighted by Gasteiger charge is -2.46. The molecule has 0 spiro atoms. The Hall–Kier alpha value is -2.85. The Morgan fingerprint density at radius 3 is 2.40 bits per heavy atom. The number of carbonyl (C=O) groups excluding carboxylic acids is 2. The molecule has 2 aromatic rings. The molecule has 3 rings (SSSR count). The van der Waals surface area contributed by atoms with Crippen molar-refractivity contribution in [1.29, 1.82) is 0 Å². The molecule has 1 saturated heterocycles. The standard InChI is InChI=1S/C20H21F2N3O4S/c1-20(19(27)23-11-14-6-8-15(21)9-7-14)13-24(30(2,28)29)12-18(26)25(20)17-5-3-4-16(22)10-17/h3-10H,11-13H2,1-2H3,(H,23,27)/t20-/m1/s1. The molecule has 1 atom stereocenters. The normalized spacial score (nSPS) is 20.3. The lowest BCUT2D eigenvalue weighted by molar-refractivity contribution is -0.133. The summed E-state index contributed by atoms with van der Waals surface area (Å²) < 4.78 is 52.0. The molecular weight excluding hydrogens is 416 g/mol. The first-order chi connectivity index (χ1) is 14.0. The second kappa shape index (κ2) is 8.11. The number of anilines is 1. The summed E-state index contributed by atoms with van der Waals surface area (Å²) >= 11 is 0. The molecule has 2 aromatic carbocycles. The van der Waals surface area contributed by atoms with Crippen LogP contribution in [0, 0.1) is 11.6 Å². The van der Waals surface area contributed by atoms with Gasteiger partial charge < -0.3 is 5.32 Å². The van der Waals surface area contributed by atoms with Gasteiger partial charge in [-0.2, -0.15) is 4.31 Å². The first kappa shape index (κ1) is 21.8. The van der Waals surface area contributed by atoms with Crippen molar-refractivity contribution in [1.82, 2.24) is 9.62 Å². The zero-order valence-corrected chi connectivity index (χ0v) is 17.2. The maximum atomic E-state index is 13.8. The van der Waals surface area contributed by atoms with E-state index >= 15 is 0 Å². The number of hydrogen-bond donors (Lipinski definition) is 1. The number of amides is 2. The number of halogens is 2. The highest BCUT2D eigenvalue weighted by atomic mass is 32.2. The molecule has 160 valence electrons. The molecule has 1 heterocycles. The van der Waals surface area contributed by atoms with Crippen LogP contribution in [0.3, 0.4) is 0 Å². The lowest BCUT2D eigenvalue weighted by atomic mass is 9.94. The van der Waals surface area contributed by atoms with E-state index in [1.165, 1.54) is 49.4 Å². The molecule has 0 aliphatic carbocycles. The fraction of sp³-hybridized carbons (Fsp3) is 0.300. The summed E-state index contributed by atoms with van der Waals surface area (Å²) in [6.07, 6.45) is 0.953. The average molecular weight is 437 g/mol. The van der Waals surface area contributed by atoms with E-state index < -0.39 is 45.6 Å². The maximum Gasteiger partial charge on any atom is 0.247 e. The fourth-order valence-electron chi connectivity index (χ4n) is 3.39. The molecular formula is C20H21F2N3O4S. The zero-order chi connectivity index (χ0) is 22.1. The maximum absolute atomic E-state index is 13.8. The predicted molar refractivity (Wildman–Crippen MR) is 107 cm³/mol. The third kappa shape index (κ3) is 4.49. The second-order valence-electron chi connectivity index (χ2n) is 7.32. The van der Waals surface area contributed by atoms with E-state index in [4.69, 9.17) is 0 Å². The van der Waals surface area contributed by atoms with Crippen LogP contribution in [0.5, 0.6) is 0 Å².